The molecule has 1 fully saturated rings. The second-order valence-corrected chi connectivity index (χ2v) is 16.0. The fourth-order valence-corrected chi connectivity index (χ4v) is 7.95. The molecule has 0 aliphatic carbocycles. The molecule has 0 radical (unpaired) electrons. The number of imidazole rings is 1. The number of hydrogen-bond acceptors (Lipinski definition) is 8. The zero-order chi connectivity index (χ0) is 47.1. The van der Waals surface area contributed by atoms with Crippen LogP contribution in [0, 0.1) is 0 Å². The Bertz CT molecular complexity index is 2950. The van der Waals surface area contributed by atoms with E-state index in [-0.39, 0.29) is 17.6 Å². The molecule has 4 heterocycles. The highest BCUT2D eigenvalue weighted by Gasteiger charge is 2.32. The van der Waals surface area contributed by atoms with E-state index in [1.807, 2.05) is 49.4 Å². The van der Waals surface area contributed by atoms with Crippen LogP contribution in [0.25, 0.3) is 16.6 Å². The van der Waals surface area contributed by atoms with Gasteiger partial charge in [-0.2, -0.15) is 13.2 Å². The molecule has 344 valence electrons. The lowest BCUT2D eigenvalue weighted by Crippen LogP contribution is -2.32. The van der Waals surface area contributed by atoms with Crippen LogP contribution in [0.4, 0.5) is 43.5 Å². The molecule has 1 aliphatic heterocycles. The van der Waals surface area contributed by atoms with Crippen LogP contribution in [0.1, 0.15) is 58.6 Å². The summed E-state index contributed by atoms with van der Waals surface area (Å²) in [5.41, 5.74) is 5.70. The minimum Gasteiger partial charge on any atom is -0.455 e. The standard InChI is InChI=1S/C29H28ClF3N4O2.C21H14F3N3O/c1-2-25-27(37-18-22(30)7-12-26(37)35-25)28(38)34-17-19-3-8-23(9-4-19)36-15-13-21(14-16-36)20-5-10-24(11-6-20)39-29(31,32)33;22-21(23,24)14-9-11-15(12-10-14)28-19-8-4-3-7-18(19)27-20-16-5-1-2-6-17(16)25-13-26-20/h3-12,18,21H,2,13-17H2,1H3,(H,34,38);1-13H,(H,25,26,27). The number of alkyl halides is 6. The van der Waals surface area contributed by atoms with Gasteiger partial charge in [0.25, 0.3) is 5.91 Å². The van der Waals surface area contributed by atoms with Gasteiger partial charge in [0.2, 0.25) is 0 Å². The number of pyridine rings is 1. The first-order valence-electron chi connectivity index (χ1n) is 21.3. The number of carbonyl (C=O) groups is 1. The predicted octanol–water partition coefficient (Wildman–Crippen LogP) is 12.9. The van der Waals surface area contributed by atoms with Crippen molar-refractivity contribution >= 4 is 51.3 Å². The van der Waals surface area contributed by atoms with Crippen molar-refractivity contribution in [1.82, 2.24) is 24.7 Å². The van der Waals surface area contributed by atoms with E-state index in [1.54, 1.807) is 53.1 Å². The van der Waals surface area contributed by atoms with Crippen LogP contribution in [-0.2, 0) is 19.1 Å². The number of anilines is 3. The maximum absolute atomic E-state index is 13.0. The zero-order valence-electron chi connectivity index (χ0n) is 35.8. The smallest absolute Gasteiger partial charge is 0.455 e. The van der Waals surface area contributed by atoms with E-state index >= 15 is 0 Å². The number of para-hydroxylation sites is 3. The maximum Gasteiger partial charge on any atom is 0.573 e. The van der Waals surface area contributed by atoms with Crippen LogP contribution in [0.2, 0.25) is 5.02 Å². The molecule has 10 nitrogen and oxygen atoms in total. The summed E-state index contributed by atoms with van der Waals surface area (Å²) in [6, 6.07) is 37.1. The molecule has 0 atom stereocenters. The Kier molecular flexibility index (Phi) is 13.8. The molecule has 3 aromatic heterocycles. The second kappa shape index (κ2) is 20.0. The highest BCUT2D eigenvalue weighted by molar-refractivity contribution is 6.30. The quantitative estimate of drug-likeness (QED) is 0.124. The molecule has 0 unspecified atom stereocenters. The number of ether oxygens (including phenoxy) is 2. The summed E-state index contributed by atoms with van der Waals surface area (Å²) in [4.78, 5) is 28.4. The number of hydrogen-bond donors (Lipinski definition) is 2. The molecule has 17 heteroatoms. The van der Waals surface area contributed by atoms with Crippen LogP contribution in [0.5, 0.6) is 17.2 Å². The van der Waals surface area contributed by atoms with Crippen LogP contribution in [0.15, 0.2) is 146 Å². The van der Waals surface area contributed by atoms with Crippen molar-refractivity contribution in [3.8, 4) is 17.2 Å². The molecule has 0 bridgehead atoms. The third-order valence-corrected chi connectivity index (χ3v) is 11.4. The van der Waals surface area contributed by atoms with Crippen molar-refractivity contribution in [2.45, 2.75) is 51.2 Å². The lowest BCUT2D eigenvalue weighted by molar-refractivity contribution is -0.274. The Hall–Kier alpha value is -7.33. The number of carbonyl (C=O) groups excluding carboxylic acids is 1. The number of benzene rings is 5. The van der Waals surface area contributed by atoms with E-state index in [0.717, 1.165) is 71.5 Å². The first-order valence-corrected chi connectivity index (χ1v) is 21.6. The molecule has 9 rings (SSSR count). The Morgan fingerprint density at radius 2 is 1.48 bits per heavy atom. The summed E-state index contributed by atoms with van der Waals surface area (Å²) in [5.74, 6) is 1.26. The van der Waals surface area contributed by atoms with Gasteiger partial charge in [-0.1, -0.05) is 67.1 Å². The Balaban J connectivity index is 0.000000192. The summed E-state index contributed by atoms with van der Waals surface area (Å²) in [5, 5.41) is 7.59. The van der Waals surface area contributed by atoms with Gasteiger partial charge in [-0.3, -0.25) is 9.20 Å². The van der Waals surface area contributed by atoms with Gasteiger partial charge in [-0.05, 0) is 121 Å². The molecular formula is C50H42ClF6N7O3. The zero-order valence-corrected chi connectivity index (χ0v) is 36.5. The monoisotopic (exact) mass is 937 g/mol. The van der Waals surface area contributed by atoms with E-state index in [2.05, 4.69) is 47.4 Å². The van der Waals surface area contributed by atoms with Crippen LogP contribution < -0.4 is 25.0 Å². The number of nitrogens with zero attached hydrogens (tertiary/aromatic N) is 5. The number of aromatic nitrogens is 4. The Morgan fingerprint density at radius 3 is 2.18 bits per heavy atom. The van der Waals surface area contributed by atoms with E-state index in [4.69, 9.17) is 16.3 Å². The van der Waals surface area contributed by atoms with Gasteiger partial charge in [0.05, 0.1) is 27.5 Å². The summed E-state index contributed by atoms with van der Waals surface area (Å²) in [6.07, 6.45) is -3.47. The topological polar surface area (TPSA) is 106 Å². The first-order chi connectivity index (χ1) is 32.2. The molecule has 0 spiro atoms. The molecule has 1 amide bonds. The van der Waals surface area contributed by atoms with Crippen LogP contribution in [0.3, 0.4) is 0 Å². The van der Waals surface area contributed by atoms with Gasteiger partial charge in [-0.15, -0.1) is 13.2 Å². The normalized spacial score (nSPS) is 13.2. The van der Waals surface area contributed by atoms with E-state index < -0.39 is 18.1 Å². The number of piperidine rings is 1. The van der Waals surface area contributed by atoms with Gasteiger partial charge >= 0.3 is 12.5 Å². The van der Waals surface area contributed by atoms with Gasteiger partial charge < -0.3 is 25.0 Å². The van der Waals surface area contributed by atoms with Crippen LogP contribution >= 0.6 is 11.6 Å². The average molecular weight is 938 g/mol. The van der Waals surface area contributed by atoms with Gasteiger partial charge in [-0.25, -0.2) is 15.0 Å². The lowest BCUT2D eigenvalue weighted by Gasteiger charge is -2.34. The third-order valence-electron chi connectivity index (χ3n) is 11.1. The Morgan fingerprint density at radius 1 is 0.791 bits per heavy atom. The SMILES string of the molecule is CCc1nc2ccc(Cl)cn2c1C(=O)NCc1ccc(N2CCC(c3ccc(OC(F)(F)F)cc3)CC2)cc1.FC(F)(F)c1ccc(Oc2ccccc2Nc2ncnc3ccccc23)cc1. The summed E-state index contributed by atoms with van der Waals surface area (Å²) < 4.78 is 86.8. The molecule has 5 aromatic carbocycles. The number of aryl methyl sites for hydroxylation is 1. The summed E-state index contributed by atoms with van der Waals surface area (Å²) in [7, 11) is 0. The van der Waals surface area contributed by atoms with Crippen LogP contribution in [-0.4, -0.2) is 44.7 Å². The van der Waals surface area contributed by atoms with Crippen molar-refractivity contribution in [3.63, 3.8) is 0 Å². The third kappa shape index (κ3) is 11.6. The van der Waals surface area contributed by atoms with Crippen molar-refractivity contribution in [3.05, 3.63) is 179 Å². The minimum absolute atomic E-state index is 0.200. The number of amides is 1. The van der Waals surface area contributed by atoms with Crippen molar-refractivity contribution in [1.29, 1.82) is 0 Å². The molecule has 0 saturated carbocycles. The van der Waals surface area contributed by atoms with Gasteiger partial charge in [0, 0.05) is 36.9 Å². The van der Waals surface area contributed by atoms with Crippen molar-refractivity contribution < 1.29 is 40.6 Å². The summed E-state index contributed by atoms with van der Waals surface area (Å²) >= 11 is 6.14. The Labute approximate surface area is 386 Å². The average Bonchev–Trinajstić information content (AvgIpc) is 3.69. The molecule has 8 aromatic rings. The van der Waals surface area contributed by atoms with Gasteiger partial charge in [0.15, 0.2) is 5.75 Å². The fourth-order valence-electron chi connectivity index (χ4n) is 7.79. The largest absolute Gasteiger partial charge is 0.573 e. The first kappa shape index (κ1) is 46.2. The number of fused-ring (bicyclic) bond motifs is 2. The maximum atomic E-state index is 13.0. The molecule has 2 N–H and O–H groups in total. The second-order valence-electron chi connectivity index (χ2n) is 15.5. The minimum atomic E-state index is -4.68. The predicted molar refractivity (Wildman–Crippen MR) is 245 cm³/mol. The number of nitrogens with one attached hydrogen (secondary N) is 2. The van der Waals surface area contributed by atoms with Crippen molar-refractivity contribution in [2.75, 3.05) is 23.3 Å². The lowest BCUT2D eigenvalue weighted by atomic mass is 9.89. The molecule has 1 aliphatic rings. The molecular weight excluding hydrogens is 896 g/mol. The van der Waals surface area contributed by atoms with E-state index in [1.165, 1.54) is 30.6 Å². The van der Waals surface area contributed by atoms with Crippen molar-refractivity contribution in [2.24, 2.45) is 0 Å². The highest BCUT2D eigenvalue weighted by atomic mass is 35.5. The fraction of sp³-hybridized carbons (Fsp3) is 0.200. The number of halogens is 7. The van der Waals surface area contributed by atoms with Gasteiger partial charge in [0.1, 0.15) is 35.0 Å². The summed E-state index contributed by atoms with van der Waals surface area (Å²) in [6.45, 7) is 4.04. The number of rotatable bonds is 11. The van der Waals surface area contributed by atoms with E-state index in [9.17, 15) is 31.1 Å². The highest BCUT2D eigenvalue weighted by Crippen LogP contribution is 2.36. The molecule has 1 saturated heterocycles. The van der Waals surface area contributed by atoms with E-state index in [0.29, 0.717) is 52.3 Å². The molecule has 67 heavy (non-hydrogen) atoms.